The first kappa shape index (κ1) is 6.99. The molecule has 1 rings (SSSR count). The highest BCUT2D eigenvalue weighted by atomic mass is 16.3. The second-order valence-electron chi connectivity index (χ2n) is 2.73. The molecule has 0 bridgehead atoms. The van der Waals surface area contributed by atoms with Gasteiger partial charge in [0.15, 0.2) is 0 Å². The van der Waals surface area contributed by atoms with Crippen molar-refractivity contribution >= 4 is 0 Å². The molecule has 9 heavy (non-hydrogen) atoms. The van der Waals surface area contributed by atoms with Crippen molar-refractivity contribution in [1.29, 1.82) is 0 Å². The van der Waals surface area contributed by atoms with Crippen LogP contribution in [0.15, 0.2) is 0 Å². The standard InChI is InChI=1S/C6H14N2O/c1-8(7)5-3-2-4-6(5)9/h5-6,9H,2-4,7H2,1H3. The van der Waals surface area contributed by atoms with Crippen molar-refractivity contribution in [1.82, 2.24) is 5.01 Å². The number of aliphatic hydroxyl groups excluding tert-OH is 1. The van der Waals surface area contributed by atoms with E-state index in [0.717, 1.165) is 19.3 Å². The third kappa shape index (κ3) is 1.41. The second kappa shape index (κ2) is 2.64. The zero-order valence-electron chi connectivity index (χ0n) is 5.75. The largest absolute Gasteiger partial charge is 0.391 e. The fourth-order valence-corrected chi connectivity index (χ4v) is 1.40. The molecule has 0 aromatic heterocycles. The zero-order valence-corrected chi connectivity index (χ0v) is 5.75. The molecule has 3 N–H and O–H groups in total. The minimum Gasteiger partial charge on any atom is -0.391 e. The molecule has 1 aliphatic carbocycles. The maximum atomic E-state index is 9.24. The molecule has 0 heterocycles. The van der Waals surface area contributed by atoms with Crippen molar-refractivity contribution in [2.24, 2.45) is 5.84 Å². The van der Waals surface area contributed by atoms with Crippen LogP contribution in [0.4, 0.5) is 0 Å². The quantitative estimate of drug-likeness (QED) is 0.378. The molecule has 1 saturated carbocycles. The van der Waals surface area contributed by atoms with Crippen LogP contribution in [0.5, 0.6) is 0 Å². The van der Waals surface area contributed by atoms with Crippen molar-refractivity contribution in [2.45, 2.75) is 31.4 Å². The summed E-state index contributed by atoms with van der Waals surface area (Å²) in [5.41, 5.74) is 0. The molecule has 2 unspecified atom stereocenters. The first-order valence-corrected chi connectivity index (χ1v) is 3.37. The Morgan fingerprint density at radius 3 is 2.44 bits per heavy atom. The molecule has 0 amide bonds. The number of hydrogen-bond acceptors (Lipinski definition) is 3. The highest BCUT2D eigenvalue weighted by molar-refractivity contribution is 4.81. The van der Waals surface area contributed by atoms with Crippen LogP contribution >= 0.6 is 0 Å². The third-order valence-electron chi connectivity index (χ3n) is 1.97. The molecular weight excluding hydrogens is 116 g/mol. The molecule has 0 spiro atoms. The Morgan fingerprint density at radius 2 is 2.22 bits per heavy atom. The van der Waals surface area contributed by atoms with E-state index in [-0.39, 0.29) is 12.1 Å². The second-order valence-corrected chi connectivity index (χ2v) is 2.73. The van der Waals surface area contributed by atoms with Crippen LogP contribution in [-0.2, 0) is 0 Å². The van der Waals surface area contributed by atoms with E-state index in [0.29, 0.717) is 0 Å². The van der Waals surface area contributed by atoms with E-state index in [2.05, 4.69) is 0 Å². The Balaban J connectivity index is 2.40. The molecule has 3 heteroatoms. The van der Waals surface area contributed by atoms with Gasteiger partial charge in [-0.3, -0.25) is 5.84 Å². The summed E-state index contributed by atoms with van der Waals surface area (Å²) in [6.07, 6.45) is 2.85. The zero-order chi connectivity index (χ0) is 6.85. The molecule has 0 aliphatic heterocycles. The summed E-state index contributed by atoms with van der Waals surface area (Å²) in [4.78, 5) is 0. The Hall–Kier alpha value is -0.120. The average Bonchev–Trinajstić information content (AvgIpc) is 2.13. The topological polar surface area (TPSA) is 49.5 Å². The number of hydrazine groups is 1. The summed E-state index contributed by atoms with van der Waals surface area (Å²) >= 11 is 0. The van der Waals surface area contributed by atoms with Gasteiger partial charge in [0.25, 0.3) is 0 Å². The number of hydrogen-bond donors (Lipinski definition) is 2. The average molecular weight is 130 g/mol. The highest BCUT2D eigenvalue weighted by Gasteiger charge is 2.26. The molecule has 0 aromatic rings. The summed E-state index contributed by atoms with van der Waals surface area (Å²) in [5.74, 6) is 5.46. The lowest BCUT2D eigenvalue weighted by Gasteiger charge is -2.21. The van der Waals surface area contributed by atoms with Crippen LogP contribution in [0.25, 0.3) is 0 Å². The summed E-state index contributed by atoms with van der Waals surface area (Å²) in [6.45, 7) is 0. The normalized spacial score (nSPS) is 36.0. The van der Waals surface area contributed by atoms with Gasteiger partial charge >= 0.3 is 0 Å². The van der Waals surface area contributed by atoms with Gasteiger partial charge in [0.05, 0.1) is 6.10 Å². The smallest absolute Gasteiger partial charge is 0.0709 e. The Labute approximate surface area is 55.4 Å². The minimum atomic E-state index is -0.194. The molecule has 3 nitrogen and oxygen atoms in total. The van der Waals surface area contributed by atoms with Gasteiger partial charge in [-0.1, -0.05) is 0 Å². The van der Waals surface area contributed by atoms with Gasteiger partial charge in [-0.15, -0.1) is 0 Å². The monoisotopic (exact) mass is 130 g/mol. The lowest BCUT2D eigenvalue weighted by molar-refractivity contribution is 0.0868. The first-order valence-electron chi connectivity index (χ1n) is 3.37. The van der Waals surface area contributed by atoms with Crippen LogP contribution in [0.2, 0.25) is 0 Å². The predicted molar refractivity (Wildman–Crippen MR) is 35.6 cm³/mol. The molecule has 1 aliphatic rings. The van der Waals surface area contributed by atoms with E-state index in [4.69, 9.17) is 5.84 Å². The third-order valence-corrected chi connectivity index (χ3v) is 1.97. The number of nitrogens with two attached hydrogens (primary N) is 1. The van der Waals surface area contributed by atoms with Gasteiger partial charge in [0, 0.05) is 13.1 Å². The number of aliphatic hydroxyl groups is 1. The molecule has 0 aromatic carbocycles. The van der Waals surface area contributed by atoms with Gasteiger partial charge in [-0.2, -0.15) is 0 Å². The predicted octanol–water partition coefficient (Wildman–Crippen LogP) is -0.295. The van der Waals surface area contributed by atoms with Crippen LogP contribution in [-0.4, -0.2) is 29.3 Å². The minimum absolute atomic E-state index is 0.194. The highest BCUT2D eigenvalue weighted by Crippen LogP contribution is 2.20. The van der Waals surface area contributed by atoms with E-state index in [1.165, 1.54) is 0 Å². The lowest BCUT2D eigenvalue weighted by Crippen LogP contribution is -2.42. The van der Waals surface area contributed by atoms with E-state index in [9.17, 15) is 5.11 Å². The van der Waals surface area contributed by atoms with Crippen molar-refractivity contribution in [3.8, 4) is 0 Å². The van der Waals surface area contributed by atoms with E-state index < -0.39 is 0 Å². The maximum Gasteiger partial charge on any atom is 0.0709 e. The van der Waals surface area contributed by atoms with E-state index in [1.807, 2.05) is 0 Å². The molecular formula is C6H14N2O. The Kier molecular flexibility index (Phi) is 2.05. The number of likely N-dealkylation sites (N-methyl/N-ethyl adjacent to an activating group) is 1. The van der Waals surface area contributed by atoms with Gasteiger partial charge in [-0.25, -0.2) is 5.01 Å². The summed E-state index contributed by atoms with van der Waals surface area (Å²) < 4.78 is 0. The molecule has 54 valence electrons. The van der Waals surface area contributed by atoms with Crippen molar-refractivity contribution in [3.63, 3.8) is 0 Å². The van der Waals surface area contributed by atoms with E-state index in [1.54, 1.807) is 12.1 Å². The van der Waals surface area contributed by atoms with Crippen LogP contribution in [0.1, 0.15) is 19.3 Å². The molecule has 2 atom stereocenters. The molecule has 1 fully saturated rings. The molecule has 0 radical (unpaired) electrons. The Bertz CT molecular complexity index is 95.1. The first-order chi connectivity index (χ1) is 4.22. The number of nitrogens with zero attached hydrogens (tertiary/aromatic N) is 1. The fourth-order valence-electron chi connectivity index (χ4n) is 1.40. The van der Waals surface area contributed by atoms with Gasteiger partial charge < -0.3 is 5.11 Å². The molecule has 0 saturated heterocycles. The van der Waals surface area contributed by atoms with Gasteiger partial charge in [0.2, 0.25) is 0 Å². The van der Waals surface area contributed by atoms with Gasteiger partial charge in [-0.05, 0) is 19.3 Å². The van der Waals surface area contributed by atoms with Crippen LogP contribution in [0, 0.1) is 0 Å². The van der Waals surface area contributed by atoms with Crippen LogP contribution in [0.3, 0.4) is 0 Å². The SMILES string of the molecule is CN(N)C1CCCC1O. The Morgan fingerprint density at radius 1 is 1.56 bits per heavy atom. The van der Waals surface area contributed by atoms with Gasteiger partial charge in [0.1, 0.15) is 0 Å². The van der Waals surface area contributed by atoms with Crippen molar-refractivity contribution in [2.75, 3.05) is 7.05 Å². The summed E-state index contributed by atoms with van der Waals surface area (Å²) in [5, 5.41) is 10.8. The maximum absolute atomic E-state index is 9.24. The van der Waals surface area contributed by atoms with Crippen molar-refractivity contribution < 1.29 is 5.11 Å². The fraction of sp³-hybridized carbons (Fsp3) is 1.00. The number of rotatable bonds is 1. The summed E-state index contributed by atoms with van der Waals surface area (Å²) in [6, 6.07) is 0.199. The van der Waals surface area contributed by atoms with Crippen LogP contribution < -0.4 is 5.84 Å². The van der Waals surface area contributed by atoms with Crippen molar-refractivity contribution in [3.05, 3.63) is 0 Å². The lowest BCUT2D eigenvalue weighted by atomic mass is 10.2. The van der Waals surface area contributed by atoms with E-state index >= 15 is 0 Å². The summed E-state index contributed by atoms with van der Waals surface area (Å²) in [7, 11) is 1.80.